The first-order valence-corrected chi connectivity index (χ1v) is 9.45. The zero-order chi connectivity index (χ0) is 18.4. The number of nitrogens with one attached hydrogen (secondary N) is 1. The van der Waals surface area contributed by atoms with E-state index in [1.165, 1.54) is 12.1 Å². The first kappa shape index (κ1) is 19.0. The van der Waals surface area contributed by atoms with Crippen LogP contribution in [0.1, 0.15) is 18.9 Å². The Balaban J connectivity index is 1.56. The molecular formula is C19H28F2N4O. The van der Waals surface area contributed by atoms with Crippen LogP contribution in [0.2, 0.25) is 0 Å². The van der Waals surface area contributed by atoms with Gasteiger partial charge in [0.05, 0.1) is 13.2 Å². The molecule has 1 atom stereocenters. The quantitative estimate of drug-likeness (QED) is 0.638. The summed E-state index contributed by atoms with van der Waals surface area (Å²) in [6.45, 7) is 8.91. The number of aliphatic imine (C=N–C) groups is 1. The van der Waals surface area contributed by atoms with Crippen LogP contribution >= 0.6 is 0 Å². The second-order valence-corrected chi connectivity index (χ2v) is 6.80. The van der Waals surface area contributed by atoms with Gasteiger partial charge in [0, 0.05) is 51.4 Å². The highest BCUT2D eigenvalue weighted by molar-refractivity contribution is 5.80. The molecule has 2 aliphatic rings. The molecule has 144 valence electrons. The number of likely N-dealkylation sites (tertiary alicyclic amines) is 1. The highest BCUT2D eigenvalue weighted by Crippen LogP contribution is 2.17. The first-order chi connectivity index (χ1) is 12.7. The molecule has 3 rings (SSSR count). The minimum atomic E-state index is -0.538. The molecule has 1 N–H and O–H groups in total. The highest BCUT2D eigenvalue weighted by Gasteiger charge is 2.30. The van der Waals surface area contributed by atoms with Gasteiger partial charge in [-0.15, -0.1) is 0 Å². The molecule has 1 aromatic rings. The number of guanidine groups is 1. The maximum absolute atomic E-state index is 13.3. The topological polar surface area (TPSA) is 40.1 Å². The van der Waals surface area contributed by atoms with Crippen molar-refractivity contribution in [1.29, 1.82) is 0 Å². The summed E-state index contributed by atoms with van der Waals surface area (Å²) in [7, 11) is 0. The molecule has 1 aromatic carbocycles. The predicted molar refractivity (Wildman–Crippen MR) is 98.4 cm³/mol. The average Bonchev–Trinajstić information content (AvgIpc) is 3.11. The summed E-state index contributed by atoms with van der Waals surface area (Å²) >= 11 is 0. The van der Waals surface area contributed by atoms with E-state index in [0.29, 0.717) is 24.6 Å². The molecule has 0 saturated carbocycles. The van der Waals surface area contributed by atoms with Gasteiger partial charge in [0.25, 0.3) is 0 Å². The van der Waals surface area contributed by atoms with Crippen LogP contribution in [0, 0.1) is 11.6 Å². The SMILES string of the molecule is CCNC(=NCCc1cc(F)cc(F)c1)N1CCC(N2CCOCC2)C1. The van der Waals surface area contributed by atoms with Crippen LogP contribution < -0.4 is 5.32 Å². The third kappa shape index (κ3) is 5.14. The van der Waals surface area contributed by atoms with Crippen molar-refractivity contribution in [3.05, 3.63) is 35.4 Å². The van der Waals surface area contributed by atoms with Crippen molar-refractivity contribution in [2.45, 2.75) is 25.8 Å². The van der Waals surface area contributed by atoms with Crippen LogP contribution in [-0.2, 0) is 11.2 Å². The van der Waals surface area contributed by atoms with Crippen molar-refractivity contribution in [1.82, 2.24) is 15.1 Å². The number of rotatable bonds is 5. The monoisotopic (exact) mass is 366 g/mol. The van der Waals surface area contributed by atoms with Crippen LogP contribution in [0.25, 0.3) is 0 Å². The summed E-state index contributed by atoms with van der Waals surface area (Å²) in [4.78, 5) is 9.46. The van der Waals surface area contributed by atoms with Crippen molar-refractivity contribution in [3.63, 3.8) is 0 Å². The number of ether oxygens (including phenoxy) is 1. The minimum Gasteiger partial charge on any atom is -0.379 e. The molecule has 0 spiro atoms. The van der Waals surface area contributed by atoms with Crippen LogP contribution in [0.15, 0.2) is 23.2 Å². The molecule has 2 aliphatic heterocycles. The normalized spacial score (nSPS) is 22.0. The van der Waals surface area contributed by atoms with E-state index in [0.717, 1.165) is 64.4 Å². The predicted octanol–water partition coefficient (Wildman–Crippen LogP) is 1.88. The van der Waals surface area contributed by atoms with E-state index < -0.39 is 11.6 Å². The zero-order valence-corrected chi connectivity index (χ0v) is 15.4. The first-order valence-electron chi connectivity index (χ1n) is 9.45. The molecule has 7 heteroatoms. The van der Waals surface area contributed by atoms with Crippen LogP contribution in [-0.4, -0.2) is 74.3 Å². The molecule has 2 heterocycles. The second kappa shape index (κ2) is 9.28. The fourth-order valence-electron chi connectivity index (χ4n) is 3.65. The maximum atomic E-state index is 13.3. The number of hydrogen-bond donors (Lipinski definition) is 1. The zero-order valence-electron chi connectivity index (χ0n) is 15.4. The van der Waals surface area contributed by atoms with Crippen LogP contribution in [0.5, 0.6) is 0 Å². The lowest BCUT2D eigenvalue weighted by molar-refractivity contribution is 0.0195. The van der Waals surface area contributed by atoms with Crippen molar-refractivity contribution >= 4 is 5.96 Å². The molecule has 26 heavy (non-hydrogen) atoms. The smallest absolute Gasteiger partial charge is 0.193 e. The standard InChI is InChI=1S/C19H28F2N4O/c1-2-22-19(23-5-3-15-11-16(20)13-17(21)12-15)25-6-4-18(14-25)24-7-9-26-10-8-24/h11-13,18H,2-10,14H2,1H3,(H,22,23). The fourth-order valence-corrected chi connectivity index (χ4v) is 3.65. The van der Waals surface area contributed by atoms with Gasteiger partial charge in [-0.05, 0) is 37.5 Å². The van der Waals surface area contributed by atoms with Crippen molar-refractivity contribution < 1.29 is 13.5 Å². The summed E-state index contributed by atoms with van der Waals surface area (Å²) in [6.07, 6.45) is 1.64. The van der Waals surface area contributed by atoms with Gasteiger partial charge >= 0.3 is 0 Å². The molecular weight excluding hydrogens is 338 g/mol. The minimum absolute atomic E-state index is 0.504. The largest absolute Gasteiger partial charge is 0.379 e. The second-order valence-electron chi connectivity index (χ2n) is 6.80. The van der Waals surface area contributed by atoms with E-state index in [-0.39, 0.29) is 0 Å². The third-order valence-corrected chi connectivity index (χ3v) is 4.94. The molecule has 2 saturated heterocycles. The lowest BCUT2D eigenvalue weighted by Gasteiger charge is -2.32. The van der Waals surface area contributed by atoms with E-state index in [1.807, 2.05) is 6.92 Å². The third-order valence-electron chi connectivity index (χ3n) is 4.94. The van der Waals surface area contributed by atoms with E-state index in [2.05, 4.69) is 20.1 Å². The number of morpholine rings is 1. The Morgan fingerprint density at radius 1 is 1.19 bits per heavy atom. The fraction of sp³-hybridized carbons (Fsp3) is 0.632. The molecule has 0 radical (unpaired) electrons. The Hall–Kier alpha value is -1.73. The summed E-state index contributed by atoms with van der Waals surface area (Å²) < 4.78 is 32.0. The number of halogens is 2. The van der Waals surface area contributed by atoms with E-state index >= 15 is 0 Å². The van der Waals surface area contributed by atoms with Crippen molar-refractivity contribution in [2.75, 3.05) is 52.5 Å². The summed E-state index contributed by atoms with van der Waals surface area (Å²) in [5.74, 6) is -0.187. The van der Waals surface area contributed by atoms with Gasteiger partial charge in [-0.2, -0.15) is 0 Å². The summed E-state index contributed by atoms with van der Waals surface area (Å²) in [6, 6.07) is 4.18. The lowest BCUT2D eigenvalue weighted by atomic mass is 10.1. The van der Waals surface area contributed by atoms with Crippen molar-refractivity contribution in [3.8, 4) is 0 Å². The van der Waals surface area contributed by atoms with Gasteiger partial charge in [0.15, 0.2) is 5.96 Å². The van der Waals surface area contributed by atoms with Gasteiger partial charge in [-0.25, -0.2) is 8.78 Å². The summed E-state index contributed by atoms with van der Waals surface area (Å²) in [5.41, 5.74) is 0.634. The number of benzene rings is 1. The Bertz CT molecular complexity index is 599. The molecule has 2 fully saturated rings. The number of hydrogen-bond acceptors (Lipinski definition) is 3. The Morgan fingerprint density at radius 3 is 2.62 bits per heavy atom. The highest BCUT2D eigenvalue weighted by atomic mass is 19.1. The van der Waals surface area contributed by atoms with E-state index in [4.69, 9.17) is 4.74 Å². The molecule has 5 nitrogen and oxygen atoms in total. The lowest BCUT2D eigenvalue weighted by Crippen LogP contribution is -2.46. The van der Waals surface area contributed by atoms with Gasteiger partial charge < -0.3 is 15.0 Å². The van der Waals surface area contributed by atoms with E-state index in [9.17, 15) is 8.78 Å². The molecule has 0 aromatic heterocycles. The van der Waals surface area contributed by atoms with Crippen LogP contribution in [0.4, 0.5) is 8.78 Å². The molecule has 0 amide bonds. The average molecular weight is 366 g/mol. The Labute approximate surface area is 154 Å². The number of nitrogens with zero attached hydrogens (tertiary/aromatic N) is 3. The molecule has 0 bridgehead atoms. The van der Waals surface area contributed by atoms with Gasteiger partial charge in [-0.3, -0.25) is 9.89 Å². The van der Waals surface area contributed by atoms with Gasteiger partial charge in [0.2, 0.25) is 0 Å². The summed E-state index contributed by atoms with van der Waals surface area (Å²) in [5, 5.41) is 3.34. The Kier molecular flexibility index (Phi) is 6.80. The van der Waals surface area contributed by atoms with Gasteiger partial charge in [0.1, 0.15) is 11.6 Å². The Morgan fingerprint density at radius 2 is 1.92 bits per heavy atom. The maximum Gasteiger partial charge on any atom is 0.193 e. The molecule has 1 unspecified atom stereocenters. The van der Waals surface area contributed by atoms with Crippen molar-refractivity contribution in [2.24, 2.45) is 4.99 Å². The van der Waals surface area contributed by atoms with Crippen LogP contribution in [0.3, 0.4) is 0 Å². The van der Waals surface area contributed by atoms with E-state index in [1.54, 1.807) is 0 Å². The molecule has 0 aliphatic carbocycles. The van der Waals surface area contributed by atoms with Gasteiger partial charge in [-0.1, -0.05) is 0 Å².